The number of halogens is 1. The summed E-state index contributed by atoms with van der Waals surface area (Å²) in [6, 6.07) is 0. The second-order valence-electron chi connectivity index (χ2n) is 3.46. The summed E-state index contributed by atoms with van der Waals surface area (Å²) in [6.45, 7) is 3.40. The lowest BCUT2D eigenvalue weighted by molar-refractivity contribution is -0.146. The number of rotatable bonds is 5. The van der Waals surface area contributed by atoms with Crippen LogP contribution in [0, 0.1) is 0 Å². The third kappa shape index (κ3) is 3.92. The van der Waals surface area contributed by atoms with E-state index in [-0.39, 0.29) is 29.8 Å². The zero-order chi connectivity index (χ0) is 15.1. The Morgan fingerprint density at radius 3 is 2.20 bits per heavy atom. The van der Waals surface area contributed by atoms with Crippen molar-refractivity contribution in [3.63, 3.8) is 0 Å². The zero-order valence-corrected chi connectivity index (χ0v) is 11.8. The topological polar surface area (TPSA) is 104 Å². The third-order valence-corrected chi connectivity index (χ3v) is 2.29. The minimum absolute atomic E-state index is 0.0810. The summed E-state index contributed by atoms with van der Waals surface area (Å²) in [6.07, 6.45) is 2.58. The Labute approximate surface area is 120 Å². The molecule has 0 aliphatic rings. The molecule has 20 heavy (non-hydrogen) atoms. The molecule has 7 nitrogen and oxygen atoms in total. The van der Waals surface area contributed by atoms with Crippen LogP contribution in [-0.4, -0.2) is 35.1 Å². The molecule has 0 aliphatic heterocycles. The number of hydrogen-bond donors (Lipinski definition) is 1. The van der Waals surface area contributed by atoms with Gasteiger partial charge in [-0.2, -0.15) is 0 Å². The van der Waals surface area contributed by atoms with E-state index < -0.39 is 17.5 Å². The largest absolute Gasteiger partial charge is 0.462 e. The molecule has 0 atom stereocenters. The van der Waals surface area contributed by atoms with E-state index in [1.165, 1.54) is 12.4 Å². The Bertz CT molecular complexity index is 525. The fourth-order valence-electron chi connectivity index (χ4n) is 1.31. The van der Waals surface area contributed by atoms with E-state index in [2.05, 4.69) is 9.97 Å². The van der Waals surface area contributed by atoms with Crippen molar-refractivity contribution in [2.24, 2.45) is 5.73 Å². The van der Waals surface area contributed by atoms with Crippen molar-refractivity contribution in [2.45, 2.75) is 13.8 Å². The summed E-state index contributed by atoms with van der Waals surface area (Å²) < 4.78 is 9.57. The number of carbonyl (C=O) groups is 2. The summed E-state index contributed by atoms with van der Waals surface area (Å²) >= 11 is 5.69. The van der Waals surface area contributed by atoms with Crippen molar-refractivity contribution in [3.05, 3.63) is 28.8 Å². The predicted molar refractivity (Wildman–Crippen MR) is 71.4 cm³/mol. The lowest BCUT2D eigenvalue weighted by Gasteiger charge is -2.10. The minimum atomic E-state index is -0.884. The summed E-state index contributed by atoms with van der Waals surface area (Å²) in [5, 5.41) is 0.0810. The van der Waals surface area contributed by atoms with E-state index in [0.717, 1.165) is 0 Å². The normalized spacial score (nSPS) is 9.75. The van der Waals surface area contributed by atoms with E-state index in [4.69, 9.17) is 26.8 Å². The highest BCUT2D eigenvalue weighted by molar-refractivity contribution is 6.29. The monoisotopic (exact) mass is 299 g/mol. The molecule has 1 aromatic heterocycles. The lowest BCUT2D eigenvalue weighted by atomic mass is 10.1. The number of ether oxygens (including phenoxy) is 2. The van der Waals surface area contributed by atoms with Crippen molar-refractivity contribution in [2.75, 3.05) is 13.2 Å². The first-order valence-electron chi connectivity index (χ1n) is 5.83. The smallest absolute Gasteiger partial charge is 0.347 e. The van der Waals surface area contributed by atoms with E-state index in [1.54, 1.807) is 13.8 Å². The molecule has 0 aromatic carbocycles. The minimum Gasteiger partial charge on any atom is -0.462 e. The van der Waals surface area contributed by atoms with Crippen molar-refractivity contribution in [3.8, 4) is 0 Å². The quantitative estimate of drug-likeness (QED) is 0.373. The molecule has 2 N–H and O–H groups in total. The van der Waals surface area contributed by atoms with E-state index in [0.29, 0.717) is 0 Å². The zero-order valence-electron chi connectivity index (χ0n) is 11.1. The van der Waals surface area contributed by atoms with Crippen molar-refractivity contribution in [1.82, 2.24) is 9.97 Å². The average Bonchev–Trinajstić information content (AvgIpc) is 2.39. The third-order valence-electron chi connectivity index (χ3n) is 2.11. The highest BCUT2D eigenvalue weighted by atomic mass is 35.5. The van der Waals surface area contributed by atoms with Gasteiger partial charge in [0.15, 0.2) is 5.57 Å². The van der Waals surface area contributed by atoms with E-state index in [9.17, 15) is 9.59 Å². The fourth-order valence-corrected chi connectivity index (χ4v) is 1.46. The van der Waals surface area contributed by atoms with Crippen LogP contribution in [0.4, 0.5) is 0 Å². The Kier molecular flexibility index (Phi) is 5.92. The Morgan fingerprint density at radius 1 is 1.20 bits per heavy atom. The van der Waals surface area contributed by atoms with Gasteiger partial charge in [0.05, 0.1) is 31.3 Å². The summed E-state index contributed by atoms with van der Waals surface area (Å²) in [5.74, 6) is -1.77. The highest BCUT2D eigenvalue weighted by Gasteiger charge is 2.26. The lowest BCUT2D eigenvalue weighted by Crippen LogP contribution is -2.23. The van der Waals surface area contributed by atoms with Gasteiger partial charge in [-0.3, -0.25) is 4.98 Å². The molecule has 0 bridgehead atoms. The maximum Gasteiger partial charge on any atom is 0.347 e. The molecule has 1 aromatic rings. The first-order valence-corrected chi connectivity index (χ1v) is 6.20. The van der Waals surface area contributed by atoms with Gasteiger partial charge >= 0.3 is 11.9 Å². The molecule has 1 heterocycles. The molecule has 108 valence electrons. The second kappa shape index (κ2) is 7.44. The van der Waals surface area contributed by atoms with Crippen LogP contribution in [0.2, 0.25) is 5.15 Å². The predicted octanol–water partition coefficient (Wildman–Crippen LogP) is 0.926. The van der Waals surface area contributed by atoms with E-state index >= 15 is 0 Å². The van der Waals surface area contributed by atoms with Crippen molar-refractivity contribution >= 4 is 29.2 Å². The standard InChI is InChI=1S/C12H14ClN3O4/c1-3-19-11(17)9(12(18)20-4-2)10(14)7-5-15-6-8(13)16-7/h5-6H,3-4,14H2,1-2H3. The Balaban J connectivity index is 3.28. The molecule has 0 radical (unpaired) electrons. The van der Waals surface area contributed by atoms with Crippen LogP contribution in [-0.2, 0) is 19.1 Å². The van der Waals surface area contributed by atoms with Crippen LogP contribution in [0.1, 0.15) is 19.5 Å². The van der Waals surface area contributed by atoms with Crippen LogP contribution in [0.25, 0.3) is 5.70 Å². The average molecular weight is 300 g/mol. The molecule has 0 saturated carbocycles. The van der Waals surface area contributed by atoms with Gasteiger partial charge in [-0.1, -0.05) is 11.6 Å². The Hall–Kier alpha value is -2.15. The summed E-state index contributed by atoms with van der Waals surface area (Å²) in [7, 11) is 0. The molecule has 1 rings (SSSR count). The van der Waals surface area contributed by atoms with Gasteiger partial charge in [-0.15, -0.1) is 0 Å². The number of nitrogens with zero attached hydrogens (tertiary/aromatic N) is 2. The molecule has 0 spiro atoms. The van der Waals surface area contributed by atoms with Gasteiger partial charge < -0.3 is 15.2 Å². The highest BCUT2D eigenvalue weighted by Crippen LogP contribution is 2.15. The summed E-state index contributed by atoms with van der Waals surface area (Å²) in [4.78, 5) is 31.3. The molecule has 0 fully saturated rings. The Morgan fingerprint density at radius 2 is 1.75 bits per heavy atom. The summed E-state index contributed by atoms with van der Waals surface area (Å²) in [5.41, 5.74) is 5.26. The number of hydrogen-bond acceptors (Lipinski definition) is 7. The molecule has 0 aliphatic carbocycles. The van der Waals surface area contributed by atoms with Gasteiger partial charge in [0, 0.05) is 0 Å². The first kappa shape index (κ1) is 15.9. The maximum absolute atomic E-state index is 11.8. The molecular weight excluding hydrogens is 286 g/mol. The molecule has 0 saturated heterocycles. The van der Waals surface area contributed by atoms with Crippen molar-refractivity contribution in [1.29, 1.82) is 0 Å². The van der Waals surface area contributed by atoms with Gasteiger partial charge in [0.1, 0.15) is 10.8 Å². The number of aromatic nitrogens is 2. The molecule has 0 unspecified atom stereocenters. The molecule has 8 heteroatoms. The van der Waals surface area contributed by atoms with Gasteiger partial charge in [-0.25, -0.2) is 14.6 Å². The van der Waals surface area contributed by atoms with Gasteiger partial charge in [0.2, 0.25) is 0 Å². The van der Waals surface area contributed by atoms with Crippen LogP contribution >= 0.6 is 11.6 Å². The maximum atomic E-state index is 11.8. The fraction of sp³-hybridized carbons (Fsp3) is 0.333. The van der Waals surface area contributed by atoms with Crippen LogP contribution in [0.5, 0.6) is 0 Å². The SMILES string of the molecule is CCOC(=O)C(C(=O)OCC)=C(N)c1cncc(Cl)n1. The van der Waals surface area contributed by atoms with Crippen molar-refractivity contribution < 1.29 is 19.1 Å². The van der Waals surface area contributed by atoms with Crippen LogP contribution < -0.4 is 5.73 Å². The number of esters is 2. The first-order chi connectivity index (χ1) is 9.51. The van der Waals surface area contributed by atoms with E-state index in [1.807, 2.05) is 0 Å². The van der Waals surface area contributed by atoms with Crippen LogP contribution in [0.15, 0.2) is 18.0 Å². The van der Waals surface area contributed by atoms with Crippen LogP contribution in [0.3, 0.4) is 0 Å². The number of nitrogens with two attached hydrogens (primary N) is 1. The molecular formula is C12H14ClN3O4. The van der Waals surface area contributed by atoms with Gasteiger partial charge in [-0.05, 0) is 13.8 Å². The van der Waals surface area contributed by atoms with Gasteiger partial charge in [0.25, 0.3) is 0 Å². The molecule has 0 amide bonds. The second-order valence-corrected chi connectivity index (χ2v) is 3.84. The number of carbonyl (C=O) groups excluding carboxylic acids is 2.